The van der Waals surface area contributed by atoms with Gasteiger partial charge in [-0.05, 0) is 35.4 Å². The van der Waals surface area contributed by atoms with Gasteiger partial charge in [0.1, 0.15) is 0 Å². The molecule has 1 aromatic heterocycles. The van der Waals surface area contributed by atoms with E-state index in [1.54, 1.807) is 29.8 Å². The molecule has 0 aliphatic carbocycles. The predicted molar refractivity (Wildman–Crippen MR) is 101 cm³/mol. The van der Waals surface area contributed by atoms with E-state index in [2.05, 4.69) is 10.3 Å². The maximum atomic E-state index is 12.9. The molecule has 5 nitrogen and oxygen atoms in total. The summed E-state index contributed by atoms with van der Waals surface area (Å²) in [6.07, 6.45) is -1.91. The Kier molecular flexibility index (Phi) is 5.92. The third-order valence-corrected chi connectivity index (χ3v) is 4.13. The molecular weight excluding hydrogens is 383 g/mol. The van der Waals surface area contributed by atoms with Crippen molar-refractivity contribution in [2.24, 2.45) is 0 Å². The normalized spacial score (nSPS) is 12.1. The number of alkyl halides is 3. The highest BCUT2D eigenvalue weighted by molar-refractivity contribution is 6.05. The number of amides is 2. The van der Waals surface area contributed by atoms with Crippen LogP contribution >= 0.6 is 0 Å². The summed E-state index contributed by atoms with van der Waals surface area (Å²) in [5.41, 5.74) is 1.22. The van der Waals surface area contributed by atoms with Crippen LogP contribution in [0.1, 0.15) is 27.5 Å². The molecule has 3 aromatic rings. The van der Waals surface area contributed by atoms with Gasteiger partial charge in [0, 0.05) is 12.4 Å². The van der Waals surface area contributed by atoms with E-state index >= 15 is 0 Å². The van der Waals surface area contributed by atoms with Crippen LogP contribution in [0.2, 0.25) is 0 Å². The zero-order chi connectivity index (χ0) is 20.9. The first-order valence-corrected chi connectivity index (χ1v) is 8.59. The van der Waals surface area contributed by atoms with Crippen molar-refractivity contribution in [2.45, 2.75) is 12.2 Å². The average Bonchev–Trinajstić information content (AvgIpc) is 2.73. The van der Waals surface area contributed by atoms with Crippen LogP contribution in [0, 0.1) is 0 Å². The Bertz CT molecular complexity index is 953. The maximum Gasteiger partial charge on any atom is 0.471 e. The molecule has 148 valence electrons. The van der Waals surface area contributed by atoms with Crippen molar-refractivity contribution >= 4 is 17.5 Å². The lowest BCUT2D eigenvalue weighted by atomic mass is 9.99. The van der Waals surface area contributed by atoms with E-state index < -0.39 is 24.0 Å². The van der Waals surface area contributed by atoms with Gasteiger partial charge in [-0.3, -0.25) is 14.6 Å². The molecule has 1 heterocycles. The fourth-order valence-corrected chi connectivity index (χ4v) is 2.75. The lowest BCUT2D eigenvalue weighted by Gasteiger charge is -2.21. The molecule has 2 N–H and O–H groups in total. The lowest BCUT2D eigenvalue weighted by molar-refractivity contribution is -0.167. The van der Waals surface area contributed by atoms with Crippen LogP contribution in [-0.2, 0) is 4.79 Å². The summed E-state index contributed by atoms with van der Waals surface area (Å²) >= 11 is 0. The van der Waals surface area contributed by atoms with Crippen LogP contribution in [0.3, 0.4) is 0 Å². The van der Waals surface area contributed by atoms with Gasteiger partial charge in [0.15, 0.2) is 0 Å². The Balaban J connectivity index is 1.91. The van der Waals surface area contributed by atoms with Crippen molar-refractivity contribution in [1.82, 2.24) is 10.3 Å². The van der Waals surface area contributed by atoms with E-state index in [0.717, 1.165) is 11.1 Å². The first-order valence-electron chi connectivity index (χ1n) is 8.59. The molecule has 0 unspecified atom stereocenters. The first kappa shape index (κ1) is 20.1. The van der Waals surface area contributed by atoms with Crippen molar-refractivity contribution < 1.29 is 22.8 Å². The van der Waals surface area contributed by atoms with Crippen molar-refractivity contribution in [3.8, 4) is 0 Å². The Labute approximate surface area is 164 Å². The minimum absolute atomic E-state index is 0.0833. The zero-order valence-corrected chi connectivity index (χ0v) is 15.0. The van der Waals surface area contributed by atoms with E-state index in [9.17, 15) is 22.8 Å². The third-order valence-electron chi connectivity index (χ3n) is 4.13. The standard InChI is InChI=1S/C21H16F3N3O2/c22-21(23,24)20(29)26-17-9-5-4-8-16(17)19(28)27-18(14-6-2-1-3-7-14)15-10-12-25-13-11-15/h1-13,18H,(H,26,29)(H,27,28)/t18-/m0/s1. The van der Waals surface area contributed by atoms with Crippen LogP contribution in [0.5, 0.6) is 0 Å². The third kappa shape index (κ3) is 4.98. The van der Waals surface area contributed by atoms with Gasteiger partial charge in [0.2, 0.25) is 0 Å². The van der Waals surface area contributed by atoms with Gasteiger partial charge in [-0.1, -0.05) is 42.5 Å². The molecule has 0 aliphatic rings. The quantitative estimate of drug-likeness (QED) is 0.679. The van der Waals surface area contributed by atoms with E-state index in [0.29, 0.717) is 0 Å². The van der Waals surface area contributed by atoms with Gasteiger partial charge in [0.25, 0.3) is 5.91 Å². The number of para-hydroxylation sites is 1. The SMILES string of the molecule is O=C(N[C@@H](c1ccccc1)c1ccncc1)c1ccccc1NC(=O)C(F)(F)F. The van der Waals surface area contributed by atoms with Gasteiger partial charge in [-0.15, -0.1) is 0 Å². The van der Waals surface area contributed by atoms with Crippen LogP contribution in [0.15, 0.2) is 79.1 Å². The second-order valence-corrected chi connectivity index (χ2v) is 6.10. The number of anilines is 1. The molecule has 0 fully saturated rings. The summed E-state index contributed by atoms with van der Waals surface area (Å²) in [6.45, 7) is 0. The second-order valence-electron chi connectivity index (χ2n) is 6.10. The molecule has 0 saturated carbocycles. The Morgan fingerprint density at radius 2 is 1.41 bits per heavy atom. The lowest BCUT2D eigenvalue weighted by Crippen LogP contribution is -2.33. The monoisotopic (exact) mass is 399 g/mol. The zero-order valence-electron chi connectivity index (χ0n) is 15.0. The number of nitrogens with one attached hydrogen (secondary N) is 2. The Morgan fingerprint density at radius 3 is 2.07 bits per heavy atom. The summed E-state index contributed by atoms with van der Waals surface area (Å²) in [6, 6.07) is 17.5. The van der Waals surface area contributed by atoms with Gasteiger partial charge in [-0.25, -0.2) is 0 Å². The molecule has 0 aliphatic heterocycles. The number of halogens is 3. The van der Waals surface area contributed by atoms with E-state index in [4.69, 9.17) is 0 Å². The van der Waals surface area contributed by atoms with Crippen molar-refractivity contribution in [3.05, 3.63) is 95.8 Å². The summed E-state index contributed by atoms with van der Waals surface area (Å²) in [7, 11) is 0. The summed E-state index contributed by atoms with van der Waals surface area (Å²) in [5.74, 6) is -2.78. The number of nitrogens with zero attached hydrogens (tertiary/aromatic N) is 1. The van der Waals surface area contributed by atoms with Crippen molar-refractivity contribution in [1.29, 1.82) is 0 Å². The number of hydrogen-bond acceptors (Lipinski definition) is 3. The minimum Gasteiger partial charge on any atom is -0.341 e. The van der Waals surface area contributed by atoms with Gasteiger partial charge in [0.05, 0.1) is 17.3 Å². The van der Waals surface area contributed by atoms with E-state index in [1.807, 2.05) is 30.3 Å². The second kappa shape index (κ2) is 8.55. The number of benzene rings is 2. The van der Waals surface area contributed by atoms with Gasteiger partial charge < -0.3 is 10.6 Å². The molecule has 8 heteroatoms. The number of pyridine rings is 1. The molecule has 0 radical (unpaired) electrons. The van der Waals surface area contributed by atoms with Crippen LogP contribution < -0.4 is 10.6 Å². The smallest absolute Gasteiger partial charge is 0.341 e. The first-order chi connectivity index (χ1) is 13.9. The van der Waals surface area contributed by atoms with E-state index in [-0.39, 0.29) is 11.3 Å². The molecule has 3 rings (SSSR count). The highest BCUT2D eigenvalue weighted by atomic mass is 19.4. The number of rotatable bonds is 5. The van der Waals surface area contributed by atoms with Crippen molar-refractivity contribution in [3.63, 3.8) is 0 Å². The molecule has 1 atom stereocenters. The molecule has 2 aromatic carbocycles. The van der Waals surface area contributed by atoms with Crippen molar-refractivity contribution in [2.75, 3.05) is 5.32 Å². The fraction of sp³-hybridized carbons (Fsp3) is 0.0952. The highest BCUT2D eigenvalue weighted by Crippen LogP contribution is 2.25. The molecule has 0 saturated heterocycles. The summed E-state index contributed by atoms with van der Waals surface area (Å²) in [5, 5.41) is 4.57. The molecule has 2 amide bonds. The molecule has 29 heavy (non-hydrogen) atoms. The average molecular weight is 399 g/mol. The highest BCUT2D eigenvalue weighted by Gasteiger charge is 2.39. The summed E-state index contributed by atoms with van der Waals surface area (Å²) in [4.78, 5) is 28.2. The molecule has 0 bridgehead atoms. The number of carbonyl (C=O) groups excluding carboxylic acids is 2. The van der Waals surface area contributed by atoms with E-state index in [1.165, 1.54) is 24.3 Å². The molecule has 0 spiro atoms. The number of hydrogen-bond donors (Lipinski definition) is 2. The molecular formula is C21H16F3N3O2. The Hall–Kier alpha value is -3.68. The van der Waals surface area contributed by atoms with Crippen LogP contribution in [0.4, 0.5) is 18.9 Å². The fourth-order valence-electron chi connectivity index (χ4n) is 2.75. The van der Waals surface area contributed by atoms with Crippen LogP contribution in [0.25, 0.3) is 0 Å². The van der Waals surface area contributed by atoms with Gasteiger partial charge >= 0.3 is 12.1 Å². The van der Waals surface area contributed by atoms with Gasteiger partial charge in [-0.2, -0.15) is 13.2 Å². The largest absolute Gasteiger partial charge is 0.471 e. The summed E-state index contributed by atoms with van der Waals surface area (Å²) < 4.78 is 37.8. The predicted octanol–water partition coefficient (Wildman–Crippen LogP) is 4.10. The Morgan fingerprint density at radius 1 is 0.828 bits per heavy atom. The van der Waals surface area contributed by atoms with Crippen LogP contribution in [-0.4, -0.2) is 23.0 Å². The minimum atomic E-state index is -5.06. The number of carbonyl (C=O) groups is 2. The topological polar surface area (TPSA) is 71.1 Å². The maximum absolute atomic E-state index is 12.9. The number of aromatic nitrogens is 1.